The highest BCUT2D eigenvalue weighted by molar-refractivity contribution is 5.97. The van der Waals surface area contributed by atoms with E-state index in [0.29, 0.717) is 45.6 Å². The Hall–Kier alpha value is -2.84. The quantitative estimate of drug-likeness (QED) is 0.671. The number of amides is 2. The lowest BCUT2D eigenvalue weighted by Gasteiger charge is -2.46. The van der Waals surface area contributed by atoms with Gasteiger partial charge in [0.1, 0.15) is 23.7 Å². The van der Waals surface area contributed by atoms with E-state index in [1.807, 2.05) is 0 Å². The second-order valence-electron chi connectivity index (χ2n) is 8.93. The molecule has 2 aromatic rings. The molecule has 0 N–H and O–H groups in total. The van der Waals surface area contributed by atoms with Crippen LogP contribution in [-0.2, 0) is 32.3 Å². The molecule has 3 aliphatic heterocycles. The normalized spacial score (nSPS) is 27.0. The number of fused-ring (bicyclic) bond motifs is 2. The number of nitrogens with zero attached hydrogens (tertiary/aromatic N) is 2. The zero-order valence-electron chi connectivity index (χ0n) is 18.2. The Morgan fingerprint density at radius 1 is 0.727 bits per heavy atom. The topological polar surface area (TPSA) is 59.1 Å². The molecular formula is C25H26F2N2O4. The van der Waals surface area contributed by atoms with Crippen molar-refractivity contribution in [3.63, 3.8) is 0 Å². The molecule has 4 unspecified atom stereocenters. The molecule has 3 aliphatic rings. The Morgan fingerprint density at radius 2 is 1.21 bits per heavy atom. The van der Waals surface area contributed by atoms with E-state index in [0.717, 1.165) is 11.1 Å². The van der Waals surface area contributed by atoms with Crippen LogP contribution in [0.1, 0.15) is 30.4 Å². The summed E-state index contributed by atoms with van der Waals surface area (Å²) in [6, 6.07) is 11.3. The fourth-order valence-electron chi connectivity index (χ4n) is 4.95. The van der Waals surface area contributed by atoms with E-state index in [1.54, 1.807) is 34.1 Å². The molecule has 5 rings (SSSR count). The number of carbonyl (C=O) groups is 2. The number of hydrogen-bond acceptors (Lipinski definition) is 4. The van der Waals surface area contributed by atoms with E-state index in [2.05, 4.69) is 0 Å². The highest BCUT2D eigenvalue weighted by Crippen LogP contribution is 2.33. The molecule has 0 spiro atoms. The molecule has 6 nitrogen and oxygen atoms in total. The van der Waals surface area contributed by atoms with Crippen molar-refractivity contribution in [2.75, 3.05) is 13.1 Å². The summed E-state index contributed by atoms with van der Waals surface area (Å²) in [7, 11) is 0. The van der Waals surface area contributed by atoms with Crippen LogP contribution in [0, 0.1) is 11.6 Å². The third-order valence-electron chi connectivity index (χ3n) is 6.75. The van der Waals surface area contributed by atoms with Gasteiger partial charge in [0.05, 0.1) is 25.4 Å². The van der Waals surface area contributed by atoms with E-state index < -0.39 is 12.1 Å². The number of halogens is 2. The number of piperidine rings is 1. The summed E-state index contributed by atoms with van der Waals surface area (Å²) in [5.74, 6) is -0.671. The predicted octanol–water partition coefficient (Wildman–Crippen LogP) is 3.04. The van der Waals surface area contributed by atoms with Gasteiger partial charge in [-0.1, -0.05) is 24.3 Å². The lowest BCUT2D eigenvalue weighted by molar-refractivity contribution is -0.165. The van der Waals surface area contributed by atoms with Crippen LogP contribution in [0.2, 0.25) is 0 Å². The number of rotatable bonds is 6. The smallest absolute Gasteiger partial charge is 0.246 e. The lowest BCUT2D eigenvalue weighted by Crippen LogP contribution is -2.65. The molecule has 0 aromatic heterocycles. The first-order chi connectivity index (χ1) is 16.0. The van der Waals surface area contributed by atoms with Crippen molar-refractivity contribution >= 4 is 11.8 Å². The summed E-state index contributed by atoms with van der Waals surface area (Å²) < 4.78 is 38.1. The van der Waals surface area contributed by atoms with Crippen molar-refractivity contribution in [2.24, 2.45) is 0 Å². The Labute approximate surface area is 191 Å². The Balaban J connectivity index is 1.18. The minimum atomic E-state index is -0.517. The van der Waals surface area contributed by atoms with Crippen LogP contribution in [0.15, 0.2) is 48.5 Å². The van der Waals surface area contributed by atoms with Gasteiger partial charge >= 0.3 is 0 Å². The summed E-state index contributed by atoms with van der Waals surface area (Å²) in [5, 5.41) is 0. The fourth-order valence-corrected chi connectivity index (χ4v) is 4.95. The first-order valence-electron chi connectivity index (χ1n) is 11.3. The third-order valence-corrected chi connectivity index (χ3v) is 6.75. The van der Waals surface area contributed by atoms with Crippen molar-refractivity contribution < 1.29 is 27.8 Å². The van der Waals surface area contributed by atoms with Gasteiger partial charge in [0.15, 0.2) is 0 Å². The Kier molecular flexibility index (Phi) is 6.12. The van der Waals surface area contributed by atoms with Crippen LogP contribution in [0.4, 0.5) is 8.78 Å². The van der Waals surface area contributed by atoms with Crippen LogP contribution in [-0.4, -0.2) is 59.0 Å². The SMILES string of the molecule is O=C1C2CC(OCc3ccc(F)cc3)CN2C(=O)C2CC(OCc3ccc(F)cc3)CCN12. The van der Waals surface area contributed by atoms with E-state index in [-0.39, 0.29) is 35.7 Å². The molecule has 2 amide bonds. The summed E-state index contributed by atoms with van der Waals surface area (Å²) in [6.45, 7) is 1.50. The van der Waals surface area contributed by atoms with Crippen LogP contribution < -0.4 is 0 Å². The van der Waals surface area contributed by atoms with Crippen LogP contribution in [0.3, 0.4) is 0 Å². The van der Waals surface area contributed by atoms with Gasteiger partial charge in [-0.05, 0) is 41.8 Å². The molecule has 3 saturated heterocycles. The molecule has 0 bridgehead atoms. The molecule has 0 aliphatic carbocycles. The van der Waals surface area contributed by atoms with Crippen LogP contribution >= 0.6 is 0 Å². The van der Waals surface area contributed by atoms with E-state index >= 15 is 0 Å². The zero-order chi connectivity index (χ0) is 22.9. The second-order valence-corrected chi connectivity index (χ2v) is 8.93. The summed E-state index contributed by atoms with van der Waals surface area (Å²) in [5.41, 5.74) is 1.71. The van der Waals surface area contributed by atoms with Crippen molar-refractivity contribution in [3.05, 3.63) is 71.3 Å². The van der Waals surface area contributed by atoms with E-state index in [9.17, 15) is 18.4 Å². The van der Waals surface area contributed by atoms with Crippen LogP contribution in [0.5, 0.6) is 0 Å². The van der Waals surface area contributed by atoms with Gasteiger partial charge in [0.25, 0.3) is 0 Å². The maximum Gasteiger partial charge on any atom is 0.246 e. The number of ether oxygens (including phenoxy) is 2. The van der Waals surface area contributed by atoms with E-state index in [4.69, 9.17) is 9.47 Å². The number of carbonyl (C=O) groups excluding carboxylic acids is 2. The van der Waals surface area contributed by atoms with Crippen molar-refractivity contribution in [3.8, 4) is 0 Å². The lowest BCUT2D eigenvalue weighted by atomic mass is 9.94. The van der Waals surface area contributed by atoms with E-state index in [1.165, 1.54) is 24.3 Å². The molecule has 3 fully saturated rings. The first kappa shape index (κ1) is 22.0. The third kappa shape index (κ3) is 4.63. The second kappa shape index (κ2) is 9.19. The maximum absolute atomic E-state index is 13.2. The standard InChI is InChI=1S/C25H26F2N2O4/c26-18-5-1-16(2-6-18)14-32-20-9-10-28-22(11-20)25(31)29-13-21(12-23(29)24(28)30)33-15-17-3-7-19(27)8-4-17/h1-8,20-23H,9-15H2. The first-order valence-corrected chi connectivity index (χ1v) is 11.3. The molecule has 33 heavy (non-hydrogen) atoms. The molecule has 2 aromatic carbocycles. The predicted molar refractivity (Wildman–Crippen MR) is 115 cm³/mol. The Bertz CT molecular complexity index is 1010. The van der Waals surface area contributed by atoms with Crippen LogP contribution in [0.25, 0.3) is 0 Å². The van der Waals surface area contributed by atoms with Gasteiger partial charge in [0.2, 0.25) is 11.8 Å². The minimum absolute atomic E-state index is 0.0236. The highest BCUT2D eigenvalue weighted by atomic mass is 19.1. The van der Waals surface area contributed by atoms with Crippen molar-refractivity contribution in [1.82, 2.24) is 9.80 Å². The molecule has 0 saturated carbocycles. The number of hydrogen-bond donors (Lipinski definition) is 0. The average molecular weight is 456 g/mol. The molecule has 8 heteroatoms. The summed E-state index contributed by atoms with van der Waals surface area (Å²) >= 11 is 0. The summed E-state index contributed by atoms with van der Waals surface area (Å²) in [4.78, 5) is 29.7. The zero-order valence-corrected chi connectivity index (χ0v) is 18.2. The minimum Gasteiger partial charge on any atom is -0.373 e. The van der Waals surface area contributed by atoms with Gasteiger partial charge < -0.3 is 19.3 Å². The molecule has 174 valence electrons. The molecule has 3 heterocycles. The maximum atomic E-state index is 13.2. The van der Waals surface area contributed by atoms with Gasteiger partial charge in [-0.25, -0.2) is 8.78 Å². The summed E-state index contributed by atoms with van der Waals surface area (Å²) in [6.07, 6.45) is 1.21. The average Bonchev–Trinajstić information content (AvgIpc) is 3.27. The monoisotopic (exact) mass is 456 g/mol. The van der Waals surface area contributed by atoms with Gasteiger partial charge in [-0.2, -0.15) is 0 Å². The van der Waals surface area contributed by atoms with Gasteiger partial charge in [0, 0.05) is 25.9 Å². The number of piperazine rings is 1. The number of benzene rings is 2. The molecule has 4 atom stereocenters. The van der Waals surface area contributed by atoms with Crippen molar-refractivity contribution in [2.45, 2.75) is 56.8 Å². The van der Waals surface area contributed by atoms with Gasteiger partial charge in [-0.15, -0.1) is 0 Å². The highest BCUT2D eigenvalue weighted by Gasteiger charge is 2.52. The molecular weight excluding hydrogens is 430 g/mol. The molecule has 0 radical (unpaired) electrons. The fraction of sp³-hybridized carbons (Fsp3) is 0.440. The van der Waals surface area contributed by atoms with Crippen molar-refractivity contribution in [1.29, 1.82) is 0 Å². The largest absolute Gasteiger partial charge is 0.373 e. The van der Waals surface area contributed by atoms with Gasteiger partial charge in [-0.3, -0.25) is 9.59 Å². The Morgan fingerprint density at radius 3 is 1.82 bits per heavy atom.